The van der Waals surface area contributed by atoms with Gasteiger partial charge in [-0.25, -0.2) is 9.18 Å². The largest absolute Gasteiger partial charge is 0.478 e. The van der Waals surface area contributed by atoms with Crippen LogP contribution < -0.4 is 5.32 Å². The number of benzene rings is 2. The highest BCUT2D eigenvalue weighted by Gasteiger charge is 2.39. The quantitative estimate of drug-likeness (QED) is 0.393. The van der Waals surface area contributed by atoms with Crippen molar-refractivity contribution in [2.75, 3.05) is 6.54 Å². The molecular weight excluding hydrogens is 489 g/mol. The van der Waals surface area contributed by atoms with E-state index in [9.17, 15) is 28.7 Å². The summed E-state index contributed by atoms with van der Waals surface area (Å²) in [6.07, 6.45) is 2.24. The highest BCUT2D eigenvalue weighted by molar-refractivity contribution is 6.30. The van der Waals surface area contributed by atoms with E-state index in [4.69, 9.17) is 11.6 Å². The summed E-state index contributed by atoms with van der Waals surface area (Å²) in [4.78, 5) is 51.4. The van der Waals surface area contributed by atoms with E-state index in [0.29, 0.717) is 10.9 Å². The lowest BCUT2D eigenvalue weighted by Crippen LogP contribution is -2.44. The van der Waals surface area contributed by atoms with Crippen molar-refractivity contribution in [3.8, 4) is 0 Å². The van der Waals surface area contributed by atoms with E-state index < -0.39 is 23.9 Å². The molecule has 1 amide bonds. The zero-order chi connectivity index (χ0) is 26.1. The van der Waals surface area contributed by atoms with E-state index >= 15 is 0 Å². The molecule has 0 aliphatic heterocycles. The molecule has 2 N–H and O–H groups in total. The van der Waals surface area contributed by atoms with Crippen molar-refractivity contribution < 1.29 is 28.7 Å². The number of hydrogen-bond acceptors (Lipinski definition) is 5. The molecule has 0 saturated heterocycles. The van der Waals surface area contributed by atoms with Gasteiger partial charge in [0.05, 0.1) is 22.6 Å². The van der Waals surface area contributed by atoms with Crippen molar-refractivity contribution in [1.29, 1.82) is 0 Å². The first-order valence-corrected chi connectivity index (χ1v) is 11.8. The number of aromatic nitrogens is 1. The number of carbonyl (C=O) groups is 4. The number of amides is 1. The van der Waals surface area contributed by atoms with Gasteiger partial charge < -0.3 is 15.0 Å². The first-order valence-electron chi connectivity index (χ1n) is 11.4. The number of nitrogens with zero attached hydrogens (tertiary/aromatic N) is 2. The molecule has 1 atom stereocenters. The van der Waals surface area contributed by atoms with Crippen molar-refractivity contribution in [2.45, 2.75) is 45.4 Å². The molecule has 1 aliphatic rings. The fourth-order valence-electron chi connectivity index (χ4n) is 4.38. The minimum Gasteiger partial charge on any atom is -0.478 e. The Balaban J connectivity index is 1.65. The van der Waals surface area contributed by atoms with Crippen LogP contribution in [0.15, 0.2) is 42.6 Å². The molecule has 1 heterocycles. The Morgan fingerprint density at radius 3 is 2.53 bits per heavy atom. The third-order valence-corrected chi connectivity index (χ3v) is 6.54. The zero-order valence-electron chi connectivity index (χ0n) is 19.8. The summed E-state index contributed by atoms with van der Waals surface area (Å²) in [6, 6.07) is 8.91. The average Bonchev–Trinajstić information content (AvgIpc) is 3.60. The molecule has 0 radical (unpaired) electrons. The van der Waals surface area contributed by atoms with Gasteiger partial charge in [0, 0.05) is 35.3 Å². The molecule has 0 spiro atoms. The summed E-state index contributed by atoms with van der Waals surface area (Å²) in [6.45, 7) is 2.59. The number of nitrogens with one attached hydrogen (secondary N) is 1. The van der Waals surface area contributed by atoms with Gasteiger partial charge in [0.25, 0.3) is 0 Å². The lowest BCUT2D eigenvalue weighted by molar-refractivity contribution is -0.129. The third-order valence-electron chi connectivity index (χ3n) is 6.25. The Morgan fingerprint density at radius 1 is 1.19 bits per heavy atom. The highest BCUT2D eigenvalue weighted by atomic mass is 35.5. The van der Waals surface area contributed by atoms with Crippen LogP contribution in [0, 0.1) is 5.82 Å². The molecule has 1 unspecified atom stereocenters. The number of halogens is 2. The second-order valence-corrected chi connectivity index (χ2v) is 9.33. The van der Waals surface area contributed by atoms with Gasteiger partial charge in [-0.1, -0.05) is 23.7 Å². The third kappa shape index (κ3) is 5.17. The molecule has 3 aromatic rings. The van der Waals surface area contributed by atoms with Crippen LogP contribution >= 0.6 is 11.6 Å². The van der Waals surface area contributed by atoms with Gasteiger partial charge in [-0.3, -0.25) is 19.3 Å². The van der Waals surface area contributed by atoms with Gasteiger partial charge in [-0.15, -0.1) is 0 Å². The summed E-state index contributed by atoms with van der Waals surface area (Å²) >= 11 is 5.81. The van der Waals surface area contributed by atoms with Crippen LogP contribution in [0.3, 0.4) is 0 Å². The topological polar surface area (TPSA) is 109 Å². The van der Waals surface area contributed by atoms with Crippen LogP contribution in [0.25, 0.3) is 10.9 Å². The summed E-state index contributed by atoms with van der Waals surface area (Å²) in [5.74, 6) is -2.65. The lowest BCUT2D eigenvalue weighted by atomic mass is 10.1. The standard InChI is InChI=1S/C26H25ClFN3O5/c1-14(32)20-12-31(22-9-6-16(26(35)36)10-19(20)22)25(15(2)33)30(18-7-8-18)13-23(34)29-11-17-4-3-5-21(27)24(17)28/h3-6,9-10,12,18,25H,7-8,11,13H2,1-2H3,(H,29,34)(H,35,36). The number of fused-ring (bicyclic) bond motifs is 1. The van der Waals surface area contributed by atoms with Gasteiger partial charge in [-0.05, 0) is 51.0 Å². The minimum atomic E-state index is -1.13. The number of rotatable bonds is 10. The maximum absolute atomic E-state index is 14.2. The molecule has 1 saturated carbocycles. The lowest BCUT2D eigenvalue weighted by Gasteiger charge is -2.31. The van der Waals surface area contributed by atoms with Crippen molar-refractivity contribution >= 4 is 45.9 Å². The Kier molecular flexibility index (Phi) is 7.23. The molecule has 1 aliphatic carbocycles. The Morgan fingerprint density at radius 2 is 1.92 bits per heavy atom. The number of Topliss-reactive ketones (excluding diaryl/α,β-unsaturated/α-hetero) is 2. The van der Waals surface area contributed by atoms with E-state index in [2.05, 4.69) is 5.32 Å². The summed E-state index contributed by atoms with van der Waals surface area (Å²) in [5, 5.41) is 12.5. The fraction of sp³-hybridized carbons (Fsp3) is 0.308. The molecule has 1 aromatic heterocycles. The summed E-state index contributed by atoms with van der Waals surface area (Å²) < 4.78 is 15.8. The second kappa shape index (κ2) is 10.2. The average molecular weight is 514 g/mol. The predicted molar refractivity (Wildman–Crippen MR) is 132 cm³/mol. The number of aromatic carboxylic acids is 1. The number of carboxylic acid groups (broad SMARTS) is 1. The SMILES string of the molecule is CC(=O)c1cn(C(C(C)=O)N(CC(=O)NCc2cccc(Cl)c2F)C2CC2)c2ccc(C(=O)O)cc12. The first-order chi connectivity index (χ1) is 17.1. The van der Waals surface area contributed by atoms with Gasteiger partial charge in [0.1, 0.15) is 12.0 Å². The summed E-state index contributed by atoms with van der Waals surface area (Å²) in [7, 11) is 0. The van der Waals surface area contributed by atoms with Crippen molar-refractivity contribution in [3.05, 3.63) is 70.1 Å². The van der Waals surface area contributed by atoms with Crippen LogP contribution in [0.5, 0.6) is 0 Å². The fourth-order valence-corrected chi connectivity index (χ4v) is 4.58. The van der Waals surface area contributed by atoms with Crippen LogP contribution in [0.2, 0.25) is 5.02 Å². The van der Waals surface area contributed by atoms with Gasteiger partial charge in [0.2, 0.25) is 5.91 Å². The first kappa shape index (κ1) is 25.5. The maximum Gasteiger partial charge on any atom is 0.335 e. The van der Waals surface area contributed by atoms with Crippen LogP contribution in [-0.2, 0) is 16.1 Å². The minimum absolute atomic E-state index is 0.0220. The molecule has 2 aromatic carbocycles. The van der Waals surface area contributed by atoms with Crippen molar-refractivity contribution in [2.24, 2.45) is 0 Å². The van der Waals surface area contributed by atoms with E-state index in [1.165, 1.54) is 38.1 Å². The van der Waals surface area contributed by atoms with Crippen LogP contribution in [0.4, 0.5) is 4.39 Å². The number of carbonyl (C=O) groups excluding carboxylic acids is 3. The Hall–Kier alpha value is -3.56. The van der Waals surface area contributed by atoms with Gasteiger partial charge in [-0.2, -0.15) is 0 Å². The molecule has 1 fully saturated rings. The monoisotopic (exact) mass is 513 g/mol. The van der Waals surface area contributed by atoms with Crippen molar-refractivity contribution in [1.82, 2.24) is 14.8 Å². The molecule has 8 nitrogen and oxygen atoms in total. The van der Waals surface area contributed by atoms with Gasteiger partial charge >= 0.3 is 5.97 Å². The second-order valence-electron chi connectivity index (χ2n) is 8.92. The van der Waals surface area contributed by atoms with Crippen LogP contribution in [-0.4, -0.2) is 50.6 Å². The Labute approximate surface area is 211 Å². The van der Waals surface area contributed by atoms with E-state index in [0.717, 1.165) is 12.8 Å². The summed E-state index contributed by atoms with van der Waals surface area (Å²) in [5.41, 5.74) is 1.07. The number of carboxylic acids is 1. The smallest absolute Gasteiger partial charge is 0.335 e. The van der Waals surface area contributed by atoms with Crippen LogP contribution in [0.1, 0.15) is 59.1 Å². The molecule has 188 valence electrons. The number of ketones is 2. The molecule has 36 heavy (non-hydrogen) atoms. The van der Waals surface area contributed by atoms with E-state index in [1.807, 2.05) is 0 Å². The highest BCUT2D eigenvalue weighted by Crippen LogP contribution is 2.35. The van der Waals surface area contributed by atoms with E-state index in [1.54, 1.807) is 27.8 Å². The van der Waals surface area contributed by atoms with E-state index in [-0.39, 0.29) is 52.4 Å². The molecule has 10 heteroatoms. The predicted octanol–water partition coefficient (Wildman–Crippen LogP) is 4.20. The Bertz CT molecular complexity index is 1380. The number of hydrogen-bond donors (Lipinski definition) is 2. The molecule has 0 bridgehead atoms. The normalized spacial score (nSPS) is 14.1. The van der Waals surface area contributed by atoms with Gasteiger partial charge in [0.15, 0.2) is 11.6 Å². The zero-order valence-corrected chi connectivity index (χ0v) is 20.5. The molecular formula is C26H25ClFN3O5. The van der Waals surface area contributed by atoms with Crippen molar-refractivity contribution in [3.63, 3.8) is 0 Å². The molecule has 4 rings (SSSR count). The maximum atomic E-state index is 14.2.